The SMILES string of the molecule is CC(C)c1ccc(N2CCCN(C)C(=O)C2)cc1. The number of likely N-dealkylation sites (N-methyl/N-ethyl adjacent to an activating group) is 1. The van der Waals surface area contributed by atoms with Gasteiger partial charge in [0.2, 0.25) is 5.91 Å². The van der Waals surface area contributed by atoms with Crippen LogP contribution >= 0.6 is 0 Å². The lowest BCUT2D eigenvalue weighted by atomic mass is 10.0. The molecular weight excluding hydrogens is 224 g/mol. The van der Waals surface area contributed by atoms with Crippen LogP contribution in [0.1, 0.15) is 31.7 Å². The summed E-state index contributed by atoms with van der Waals surface area (Å²) < 4.78 is 0. The van der Waals surface area contributed by atoms with Crippen LogP contribution < -0.4 is 4.90 Å². The highest BCUT2D eigenvalue weighted by Gasteiger charge is 2.18. The second-order valence-corrected chi connectivity index (χ2v) is 5.34. The fourth-order valence-electron chi connectivity index (χ4n) is 2.28. The van der Waals surface area contributed by atoms with E-state index in [9.17, 15) is 4.79 Å². The van der Waals surface area contributed by atoms with Gasteiger partial charge in [-0.2, -0.15) is 0 Å². The van der Waals surface area contributed by atoms with E-state index in [1.807, 2.05) is 11.9 Å². The summed E-state index contributed by atoms with van der Waals surface area (Å²) in [5.41, 5.74) is 2.50. The Bertz CT molecular complexity index is 411. The number of amides is 1. The zero-order valence-electron chi connectivity index (χ0n) is 11.5. The molecule has 1 fully saturated rings. The van der Waals surface area contributed by atoms with Gasteiger partial charge in [-0.25, -0.2) is 0 Å². The van der Waals surface area contributed by atoms with E-state index in [2.05, 4.69) is 43.0 Å². The molecular formula is C15H22N2O. The average Bonchev–Trinajstić information content (AvgIpc) is 2.52. The van der Waals surface area contributed by atoms with Crippen LogP contribution in [0.25, 0.3) is 0 Å². The van der Waals surface area contributed by atoms with Crippen molar-refractivity contribution in [3.63, 3.8) is 0 Å². The Morgan fingerprint density at radius 3 is 2.39 bits per heavy atom. The van der Waals surface area contributed by atoms with E-state index in [0.717, 1.165) is 25.2 Å². The van der Waals surface area contributed by atoms with Crippen LogP contribution in [0.4, 0.5) is 5.69 Å². The third kappa shape index (κ3) is 2.84. The molecule has 1 aromatic rings. The number of hydrogen-bond donors (Lipinski definition) is 0. The summed E-state index contributed by atoms with van der Waals surface area (Å²) in [4.78, 5) is 15.9. The summed E-state index contributed by atoms with van der Waals surface area (Å²) in [6.07, 6.45) is 1.04. The largest absolute Gasteiger partial charge is 0.362 e. The molecule has 0 atom stereocenters. The molecule has 1 saturated heterocycles. The van der Waals surface area contributed by atoms with Crippen molar-refractivity contribution in [2.75, 3.05) is 31.6 Å². The molecule has 0 spiro atoms. The van der Waals surface area contributed by atoms with Gasteiger partial charge in [0.05, 0.1) is 6.54 Å². The van der Waals surface area contributed by atoms with Crippen molar-refractivity contribution in [2.45, 2.75) is 26.2 Å². The van der Waals surface area contributed by atoms with Gasteiger partial charge in [-0.1, -0.05) is 26.0 Å². The summed E-state index contributed by atoms with van der Waals surface area (Å²) in [6.45, 7) is 6.70. The highest BCUT2D eigenvalue weighted by molar-refractivity contribution is 5.81. The van der Waals surface area contributed by atoms with Crippen LogP contribution in [0.5, 0.6) is 0 Å². The molecule has 0 N–H and O–H groups in total. The van der Waals surface area contributed by atoms with Crippen molar-refractivity contribution in [3.8, 4) is 0 Å². The first-order chi connectivity index (χ1) is 8.58. The van der Waals surface area contributed by atoms with Gasteiger partial charge in [0, 0.05) is 25.8 Å². The normalized spacial score (nSPS) is 17.2. The minimum Gasteiger partial charge on any atom is -0.362 e. The van der Waals surface area contributed by atoms with Crippen molar-refractivity contribution in [1.29, 1.82) is 0 Å². The number of benzene rings is 1. The summed E-state index contributed by atoms with van der Waals surface area (Å²) in [7, 11) is 1.88. The molecule has 1 aliphatic heterocycles. The number of nitrogens with zero attached hydrogens (tertiary/aromatic N) is 2. The maximum Gasteiger partial charge on any atom is 0.241 e. The van der Waals surface area contributed by atoms with Crippen molar-refractivity contribution in [3.05, 3.63) is 29.8 Å². The number of rotatable bonds is 2. The Hall–Kier alpha value is -1.51. The second kappa shape index (κ2) is 5.42. The third-order valence-corrected chi connectivity index (χ3v) is 3.60. The van der Waals surface area contributed by atoms with E-state index in [1.165, 1.54) is 5.56 Å². The van der Waals surface area contributed by atoms with Gasteiger partial charge in [0.1, 0.15) is 0 Å². The molecule has 0 aliphatic carbocycles. The number of carbonyl (C=O) groups excluding carboxylic acids is 1. The topological polar surface area (TPSA) is 23.6 Å². The summed E-state index contributed by atoms with van der Waals surface area (Å²) in [5, 5.41) is 0. The lowest BCUT2D eigenvalue weighted by molar-refractivity contribution is -0.127. The molecule has 98 valence electrons. The third-order valence-electron chi connectivity index (χ3n) is 3.60. The van der Waals surface area contributed by atoms with Gasteiger partial charge in [-0.3, -0.25) is 4.79 Å². The zero-order chi connectivity index (χ0) is 13.1. The molecule has 1 heterocycles. The van der Waals surface area contributed by atoms with E-state index in [4.69, 9.17) is 0 Å². The Morgan fingerprint density at radius 2 is 1.78 bits per heavy atom. The molecule has 0 radical (unpaired) electrons. The van der Waals surface area contributed by atoms with E-state index >= 15 is 0 Å². The van der Waals surface area contributed by atoms with Gasteiger partial charge >= 0.3 is 0 Å². The molecule has 3 heteroatoms. The monoisotopic (exact) mass is 246 g/mol. The Labute approximate surface area is 109 Å². The molecule has 0 aromatic heterocycles. The molecule has 0 saturated carbocycles. The highest BCUT2D eigenvalue weighted by Crippen LogP contribution is 2.21. The van der Waals surface area contributed by atoms with Crippen LogP contribution in [-0.4, -0.2) is 37.5 Å². The van der Waals surface area contributed by atoms with Crippen molar-refractivity contribution >= 4 is 11.6 Å². The van der Waals surface area contributed by atoms with E-state index in [0.29, 0.717) is 12.5 Å². The van der Waals surface area contributed by atoms with Gasteiger partial charge in [0.15, 0.2) is 0 Å². The minimum atomic E-state index is 0.209. The quantitative estimate of drug-likeness (QED) is 0.800. The molecule has 18 heavy (non-hydrogen) atoms. The molecule has 0 unspecified atom stereocenters. The van der Waals surface area contributed by atoms with Crippen LogP contribution in [0, 0.1) is 0 Å². The molecule has 0 bridgehead atoms. The first-order valence-corrected chi connectivity index (χ1v) is 6.67. The lowest BCUT2D eigenvalue weighted by Gasteiger charge is -2.22. The molecule has 1 aliphatic rings. The molecule has 3 nitrogen and oxygen atoms in total. The van der Waals surface area contributed by atoms with Gasteiger partial charge in [0.25, 0.3) is 0 Å². The van der Waals surface area contributed by atoms with E-state index in [1.54, 1.807) is 0 Å². The smallest absolute Gasteiger partial charge is 0.241 e. The first-order valence-electron chi connectivity index (χ1n) is 6.67. The summed E-state index contributed by atoms with van der Waals surface area (Å²) >= 11 is 0. The van der Waals surface area contributed by atoms with Crippen molar-refractivity contribution in [1.82, 2.24) is 4.90 Å². The number of hydrogen-bond acceptors (Lipinski definition) is 2. The standard InChI is InChI=1S/C15H22N2O/c1-12(2)13-5-7-14(8-6-13)17-10-4-9-16(3)15(18)11-17/h5-8,12H,4,9-11H2,1-3H3. The van der Waals surface area contributed by atoms with Crippen molar-refractivity contribution < 1.29 is 4.79 Å². The summed E-state index contributed by atoms with van der Waals surface area (Å²) in [6, 6.07) is 8.60. The predicted molar refractivity (Wildman–Crippen MR) is 75.0 cm³/mol. The Kier molecular flexibility index (Phi) is 3.90. The van der Waals surface area contributed by atoms with Gasteiger partial charge < -0.3 is 9.80 Å². The Morgan fingerprint density at radius 1 is 1.11 bits per heavy atom. The van der Waals surface area contributed by atoms with Crippen LogP contribution in [0.15, 0.2) is 24.3 Å². The molecule has 1 aromatic carbocycles. The van der Waals surface area contributed by atoms with Gasteiger partial charge in [-0.05, 0) is 30.0 Å². The van der Waals surface area contributed by atoms with Crippen LogP contribution in [0.3, 0.4) is 0 Å². The maximum atomic E-state index is 11.9. The maximum absolute atomic E-state index is 11.9. The highest BCUT2D eigenvalue weighted by atomic mass is 16.2. The number of carbonyl (C=O) groups is 1. The summed E-state index contributed by atoms with van der Waals surface area (Å²) in [5.74, 6) is 0.761. The fourth-order valence-corrected chi connectivity index (χ4v) is 2.28. The van der Waals surface area contributed by atoms with Crippen LogP contribution in [0.2, 0.25) is 0 Å². The number of anilines is 1. The van der Waals surface area contributed by atoms with E-state index < -0.39 is 0 Å². The zero-order valence-corrected chi connectivity index (χ0v) is 11.5. The van der Waals surface area contributed by atoms with Gasteiger partial charge in [-0.15, -0.1) is 0 Å². The van der Waals surface area contributed by atoms with E-state index in [-0.39, 0.29) is 5.91 Å². The predicted octanol–water partition coefficient (Wildman–Crippen LogP) is 2.48. The first kappa shape index (κ1) is 12.9. The minimum absolute atomic E-state index is 0.209. The molecule has 1 amide bonds. The lowest BCUT2D eigenvalue weighted by Crippen LogP contribution is -2.34. The van der Waals surface area contributed by atoms with Crippen LogP contribution in [-0.2, 0) is 4.79 Å². The fraction of sp³-hybridized carbons (Fsp3) is 0.533. The average molecular weight is 246 g/mol. The Balaban J connectivity index is 2.13. The van der Waals surface area contributed by atoms with Crippen molar-refractivity contribution in [2.24, 2.45) is 0 Å². The second-order valence-electron chi connectivity index (χ2n) is 5.34. The molecule has 2 rings (SSSR count).